The first kappa shape index (κ1) is 8.05. The van der Waals surface area contributed by atoms with Gasteiger partial charge in [0.05, 0.1) is 6.04 Å². The Labute approximate surface area is 72.7 Å². The molecule has 3 heteroatoms. The molecule has 0 heterocycles. The average Bonchev–Trinajstić information content (AvgIpc) is 2.82. The number of carbonyl (C=O) groups excluding carboxylic acids is 1. The third-order valence-corrected chi connectivity index (χ3v) is 2.72. The second kappa shape index (κ2) is 3.05. The highest BCUT2D eigenvalue weighted by molar-refractivity contribution is 5.80. The van der Waals surface area contributed by atoms with Crippen molar-refractivity contribution in [3.05, 3.63) is 0 Å². The monoisotopic (exact) mass is 168 g/mol. The van der Waals surface area contributed by atoms with Crippen LogP contribution in [0.15, 0.2) is 0 Å². The number of hydrogen-bond donors (Lipinski definition) is 2. The standard InChI is InChI=1S/C9H16N2O/c10-9(12)8(7-3-4-7)11-5-6-1-2-6/h6-8,11H,1-5H2,(H2,10,12). The summed E-state index contributed by atoms with van der Waals surface area (Å²) >= 11 is 0. The Kier molecular flexibility index (Phi) is 2.05. The van der Waals surface area contributed by atoms with Gasteiger partial charge < -0.3 is 11.1 Å². The van der Waals surface area contributed by atoms with Crippen LogP contribution in [0.25, 0.3) is 0 Å². The second-order valence-corrected chi connectivity index (χ2v) is 4.07. The van der Waals surface area contributed by atoms with Crippen LogP contribution < -0.4 is 11.1 Å². The highest BCUT2D eigenvalue weighted by Crippen LogP contribution is 2.33. The fourth-order valence-corrected chi connectivity index (χ4v) is 1.54. The van der Waals surface area contributed by atoms with E-state index in [0.717, 1.165) is 12.5 Å². The van der Waals surface area contributed by atoms with Gasteiger partial charge in [-0.15, -0.1) is 0 Å². The molecular formula is C9H16N2O. The predicted molar refractivity (Wildman–Crippen MR) is 46.4 cm³/mol. The molecular weight excluding hydrogens is 152 g/mol. The summed E-state index contributed by atoms with van der Waals surface area (Å²) in [7, 11) is 0. The molecule has 0 saturated heterocycles. The van der Waals surface area contributed by atoms with Crippen molar-refractivity contribution < 1.29 is 4.79 Å². The van der Waals surface area contributed by atoms with Gasteiger partial charge in [0.25, 0.3) is 0 Å². The predicted octanol–water partition coefficient (Wildman–Crippen LogP) is 0.250. The zero-order valence-corrected chi connectivity index (χ0v) is 7.25. The van der Waals surface area contributed by atoms with E-state index in [9.17, 15) is 4.79 Å². The van der Waals surface area contributed by atoms with E-state index in [0.29, 0.717) is 5.92 Å². The smallest absolute Gasteiger partial charge is 0.234 e. The van der Waals surface area contributed by atoms with Crippen LogP contribution >= 0.6 is 0 Å². The highest BCUT2D eigenvalue weighted by Gasteiger charge is 2.35. The van der Waals surface area contributed by atoms with E-state index in [2.05, 4.69) is 5.32 Å². The molecule has 0 spiro atoms. The summed E-state index contributed by atoms with van der Waals surface area (Å²) < 4.78 is 0. The normalized spacial score (nSPS) is 25.3. The number of rotatable bonds is 5. The van der Waals surface area contributed by atoms with E-state index < -0.39 is 0 Å². The van der Waals surface area contributed by atoms with Crippen LogP contribution in [0, 0.1) is 11.8 Å². The van der Waals surface area contributed by atoms with Gasteiger partial charge in [-0.1, -0.05) is 0 Å². The first-order valence-electron chi connectivity index (χ1n) is 4.80. The minimum absolute atomic E-state index is 0.0365. The van der Waals surface area contributed by atoms with Gasteiger partial charge in [-0.3, -0.25) is 4.79 Å². The molecule has 12 heavy (non-hydrogen) atoms. The Bertz CT molecular complexity index is 185. The second-order valence-electron chi connectivity index (χ2n) is 4.07. The fourth-order valence-electron chi connectivity index (χ4n) is 1.54. The van der Waals surface area contributed by atoms with Gasteiger partial charge in [0.1, 0.15) is 0 Å². The summed E-state index contributed by atoms with van der Waals surface area (Å²) in [6.45, 7) is 0.990. The van der Waals surface area contributed by atoms with Crippen molar-refractivity contribution in [3.63, 3.8) is 0 Å². The third-order valence-electron chi connectivity index (χ3n) is 2.72. The molecule has 3 nitrogen and oxygen atoms in total. The van der Waals surface area contributed by atoms with Gasteiger partial charge >= 0.3 is 0 Å². The molecule has 0 aromatic carbocycles. The van der Waals surface area contributed by atoms with Crippen molar-refractivity contribution in [3.8, 4) is 0 Å². The molecule has 0 aliphatic heterocycles. The third kappa shape index (κ3) is 1.97. The molecule has 3 N–H and O–H groups in total. The molecule has 68 valence electrons. The van der Waals surface area contributed by atoms with E-state index in [1.807, 2.05) is 0 Å². The minimum atomic E-state index is -0.168. The molecule has 2 aliphatic carbocycles. The van der Waals surface area contributed by atoms with Gasteiger partial charge in [-0.25, -0.2) is 0 Å². The summed E-state index contributed by atoms with van der Waals surface area (Å²) in [5.74, 6) is 1.20. The van der Waals surface area contributed by atoms with Crippen molar-refractivity contribution in [1.29, 1.82) is 0 Å². The van der Waals surface area contributed by atoms with Crippen molar-refractivity contribution in [1.82, 2.24) is 5.32 Å². The average molecular weight is 168 g/mol. The van der Waals surface area contributed by atoms with E-state index in [-0.39, 0.29) is 11.9 Å². The Morgan fingerprint density at radius 2 is 2.08 bits per heavy atom. The summed E-state index contributed by atoms with van der Waals surface area (Å²) in [4.78, 5) is 11.0. The van der Waals surface area contributed by atoms with Crippen LogP contribution in [0.1, 0.15) is 25.7 Å². The SMILES string of the molecule is NC(=O)C(NCC1CC1)C1CC1. The number of nitrogens with two attached hydrogens (primary N) is 1. The van der Waals surface area contributed by atoms with Crippen molar-refractivity contribution in [2.24, 2.45) is 17.6 Å². The van der Waals surface area contributed by atoms with Crippen molar-refractivity contribution >= 4 is 5.91 Å². The van der Waals surface area contributed by atoms with E-state index in [1.54, 1.807) is 0 Å². The maximum Gasteiger partial charge on any atom is 0.234 e. The van der Waals surface area contributed by atoms with Crippen LogP contribution in [-0.4, -0.2) is 18.5 Å². The van der Waals surface area contributed by atoms with Gasteiger partial charge in [0.2, 0.25) is 5.91 Å². The molecule has 2 saturated carbocycles. The molecule has 2 aliphatic rings. The summed E-state index contributed by atoms with van der Waals surface area (Å²) in [5, 5.41) is 3.27. The van der Waals surface area contributed by atoms with Gasteiger partial charge in [-0.2, -0.15) is 0 Å². The Morgan fingerprint density at radius 1 is 1.42 bits per heavy atom. The molecule has 2 rings (SSSR count). The molecule has 0 aromatic heterocycles. The molecule has 0 radical (unpaired) electrons. The van der Waals surface area contributed by atoms with Crippen LogP contribution in [-0.2, 0) is 4.79 Å². The Balaban J connectivity index is 1.75. The van der Waals surface area contributed by atoms with E-state index in [1.165, 1.54) is 25.7 Å². The lowest BCUT2D eigenvalue weighted by molar-refractivity contribution is -0.120. The van der Waals surface area contributed by atoms with Gasteiger partial charge in [0.15, 0.2) is 0 Å². The molecule has 1 atom stereocenters. The van der Waals surface area contributed by atoms with Crippen LogP contribution in [0.2, 0.25) is 0 Å². The van der Waals surface area contributed by atoms with Gasteiger partial charge in [0, 0.05) is 0 Å². The molecule has 0 aromatic rings. The lowest BCUT2D eigenvalue weighted by Gasteiger charge is -2.13. The van der Waals surface area contributed by atoms with Crippen LogP contribution in [0.5, 0.6) is 0 Å². The lowest BCUT2D eigenvalue weighted by atomic mass is 10.1. The zero-order chi connectivity index (χ0) is 8.55. The van der Waals surface area contributed by atoms with Crippen LogP contribution in [0.4, 0.5) is 0 Å². The largest absolute Gasteiger partial charge is 0.368 e. The summed E-state index contributed by atoms with van der Waals surface area (Å²) in [6.07, 6.45) is 4.99. The Morgan fingerprint density at radius 3 is 2.50 bits per heavy atom. The van der Waals surface area contributed by atoms with Crippen molar-refractivity contribution in [2.45, 2.75) is 31.7 Å². The molecule has 1 amide bonds. The molecule has 0 bridgehead atoms. The lowest BCUT2D eigenvalue weighted by Crippen LogP contribution is -2.43. The maximum atomic E-state index is 11.0. The quantitative estimate of drug-likeness (QED) is 0.618. The number of hydrogen-bond acceptors (Lipinski definition) is 2. The number of amides is 1. The van der Waals surface area contributed by atoms with E-state index in [4.69, 9.17) is 5.73 Å². The summed E-state index contributed by atoms with van der Waals surface area (Å²) in [6, 6.07) is -0.0365. The first-order chi connectivity index (χ1) is 5.77. The number of nitrogens with one attached hydrogen (secondary N) is 1. The zero-order valence-electron chi connectivity index (χ0n) is 7.25. The maximum absolute atomic E-state index is 11.0. The molecule has 2 fully saturated rings. The number of primary amides is 1. The highest BCUT2D eigenvalue weighted by atomic mass is 16.1. The first-order valence-corrected chi connectivity index (χ1v) is 4.80. The van der Waals surface area contributed by atoms with Gasteiger partial charge in [-0.05, 0) is 44.1 Å². The fraction of sp³-hybridized carbons (Fsp3) is 0.889. The molecule has 1 unspecified atom stereocenters. The minimum Gasteiger partial charge on any atom is -0.368 e. The summed E-state index contributed by atoms with van der Waals surface area (Å²) in [5.41, 5.74) is 5.28. The number of carbonyl (C=O) groups is 1. The van der Waals surface area contributed by atoms with E-state index >= 15 is 0 Å². The van der Waals surface area contributed by atoms with Crippen molar-refractivity contribution in [2.75, 3.05) is 6.54 Å². The van der Waals surface area contributed by atoms with Crippen LogP contribution in [0.3, 0.4) is 0 Å². The Hall–Kier alpha value is -0.570. The topological polar surface area (TPSA) is 55.1 Å².